The molecular formula is C25H18ClN3O4. The SMILES string of the molecule is N#CCCn1cc(/C=C/C(=O)OCC(=O)c2ccc(Cl)cc2)c(-c2cc3ccccc3o2)n1. The summed E-state index contributed by atoms with van der Waals surface area (Å²) in [5.74, 6) is -0.462. The highest BCUT2D eigenvalue weighted by atomic mass is 35.5. The Morgan fingerprint density at radius 3 is 2.73 bits per heavy atom. The molecule has 2 aromatic heterocycles. The number of fused-ring (bicyclic) bond motifs is 1. The van der Waals surface area contributed by atoms with E-state index in [0.717, 1.165) is 5.39 Å². The lowest BCUT2D eigenvalue weighted by atomic mass is 10.1. The molecule has 0 aliphatic heterocycles. The van der Waals surface area contributed by atoms with Crippen molar-refractivity contribution in [1.29, 1.82) is 5.26 Å². The van der Waals surface area contributed by atoms with Crippen LogP contribution in [0.1, 0.15) is 22.3 Å². The number of esters is 1. The fraction of sp³-hybridized carbons (Fsp3) is 0.120. The van der Waals surface area contributed by atoms with E-state index in [-0.39, 0.29) is 12.4 Å². The lowest BCUT2D eigenvalue weighted by Gasteiger charge is -2.02. The van der Waals surface area contributed by atoms with Crippen molar-refractivity contribution in [2.75, 3.05) is 6.61 Å². The number of nitrogens with zero attached hydrogens (tertiary/aromatic N) is 3. The van der Waals surface area contributed by atoms with E-state index in [0.29, 0.717) is 46.2 Å². The molecule has 4 aromatic rings. The van der Waals surface area contributed by atoms with Crippen LogP contribution in [-0.2, 0) is 16.1 Å². The fourth-order valence-electron chi connectivity index (χ4n) is 3.19. The molecular weight excluding hydrogens is 442 g/mol. The van der Waals surface area contributed by atoms with E-state index in [1.165, 1.54) is 6.08 Å². The van der Waals surface area contributed by atoms with E-state index in [2.05, 4.69) is 11.2 Å². The summed E-state index contributed by atoms with van der Waals surface area (Å²) in [6.07, 6.45) is 4.79. The molecule has 33 heavy (non-hydrogen) atoms. The van der Waals surface area contributed by atoms with Crippen LogP contribution < -0.4 is 0 Å². The highest BCUT2D eigenvalue weighted by Gasteiger charge is 2.15. The van der Waals surface area contributed by atoms with Crippen LogP contribution in [0, 0.1) is 11.3 Å². The first-order valence-corrected chi connectivity index (χ1v) is 10.5. The van der Waals surface area contributed by atoms with Gasteiger partial charge in [0, 0.05) is 33.8 Å². The van der Waals surface area contributed by atoms with Gasteiger partial charge in [0.05, 0.1) is 19.0 Å². The molecule has 2 aromatic carbocycles. The Morgan fingerprint density at radius 2 is 1.97 bits per heavy atom. The number of furan rings is 1. The van der Waals surface area contributed by atoms with Gasteiger partial charge in [-0.1, -0.05) is 29.8 Å². The number of aromatic nitrogens is 2. The lowest BCUT2D eigenvalue weighted by Crippen LogP contribution is -2.12. The summed E-state index contributed by atoms with van der Waals surface area (Å²) in [7, 11) is 0. The zero-order valence-corrected chi connectivity index (χ0v) is 18.2. The van der Waals surface area contributed by atoms with E-state index in [4.69, 9.17) is 26.0 Å². The molecule has 2 heterocycles. The van der Waals surface area contributed by atoms with Crippen molar-refractivity contribution in [3.8, 4) is 17.5 Å². The lowest BCUT2D eigenvalue weighted by molar-refractivity contribution is -0.136. The van der Waals surface area contributed by atoms with Crippen molar-refractivity contribution >= 4 is 40.4 Å². The van der Waals surface area contributed by atoms with Gasteiger partial charge < -0.3 is 9.15 Å². The summed E-state index contributed by atoms with van der Waals surface area (Å²) in [6, 6.07) is 17.9. The van der Waals surface area contributed by atoms with Gasteiger partial charge in [0.2, 0.25) is 0 Å². The molecule has 0 unspecified atom stereocenters. The molecule has 0 atom stereocenters. The molecule has 0 radical (unpaired) electrons. The van der Waals surface area contributed by atoms with Crippen molar-refractivity contribution < 1.29 is 18.7 Å². The minimum atomic E-state index is -0.669. The topological polar surface area (TPSA) is 98.1 Å². The van der Waals surface area contributed by atoms with Gasteiger partial charge in [-0.05, 0) is 42.5 Å². The first-order valence-electron chi connectivity index (χ1n) is 10.1. The van der Waals surface area contributed by atoms with E-state index in [1.807, 2.05) is 30.3 Å². The van der Waals surface area contributed by atoms with Crippen molar-refractivity contribution in [2.24, 2.45) is 0 Å². The molecule has 0 saturated carbocycles. The maximum atomic E-state index is 12.2. The molecule has 0 amide bonds. The number of para-hydroxylation sites is 1. The van der Waals surface area contributed by atoms with Crippen LogP contribution in [0.4, 0.5) is 0 Å². The number of carbonyl (C=O) groups is 2. The molecule has 164 valence electrons. The number of aryl methyl sites for hydroxylation is 1. The van der Waals surface area contributed by atoms with Gasteiger partial charge >= 0.3 is 5.97 Å². The number of hydrogen-bond acceptors (Lipinski definition) is 6. The minimum absolute atomic E-state index is 0.291. The predicted octanol–water partition coefficient (Wildman–Crippen LogP) is 5.30. The molecule has 0 aliphatic rings. The normalized spacial score (nSPS) is 11.0. The number of Topliss-reactive ketones (excluding diaryl/α,β-unsaturated/α-hetero) is 1. The Morgan fingerprint density at radius 1 is 1.18 bits per heavy atom. The van der Waals surface area contributed by atoms with Gasteiger partial charge in [0.1, 0.15) is 11.3 Å². The molecule has 0 saturated heterocycles. The van der Waals surface area contributed by atoms with Crippen molar-refractivity contribution in [1.82, 2.24) is 9.78 Å². The minimum Gasteiger partial charge on any atom is -0.454 e. The second kappa shape index (κ2) is 9.98. The maximum absolute atomic E-state index is 12.2. The summed E-state index contributed by atoms with van der Waals surface area (Å²) >= 11 is 5.82. The summed E-state index contributed by atoms with van der Waals surface area (Å²) in [5.41, 5.74) is 2.27. The number of rotatable bonds is 8. The standard InChI is InChI=1S/C25H18ClN3O4/c26-20-9-6-17(7-10-20)21(30)16-32-24(31)11-8-19-15-29(13-3-12-27)28-25(19)23-14-18-4-1-2-5-22(18)33-23/h1-2,4-11,14-15H,3,13,16H2/b11-8+. The first kappa shape index (κ1) is 22.1. The molecule has 4 rings (SSSR count). The number of halogens is 1. The smallest absolute Gasteiger partial charge is 0.331 e. The van der Waals surface area contributed by atoms with Crippen LogP contribution in [0.3, 0.4) is 0 Å². The third-order valence-corrected chi connectivity index (χ3v) is 5.06. The summed E-state index contributed by atoms with van der Waals surface area (Å²) in [4.78, 5) is 24.4. The van der Waals surface area contributed by atoms with Gasteiger partial charge in [-0.2, -0.15) is 10.4 Å². The maximum Gasteiger partial charge on any atom is 0.331 e. The van der Waals surface area contributed by atoms with Crippen LogP contribution in [-0.4, -0.2) is 28.1 Å². The number of ketones is 1. The van der Waals surface area contributed by atoms with E-state index < -0.39 is 5.97 Å². The second-order valence-corrected chi connectivity index (χ2v) is 7.56. The van der Waals surface area contributed by atoms with Gasteiger partial charge in [0.25, 0.3) is 0 Å². The van der Waals surface area contributed by atoms with Gasteiger partial charge in [-0.3, -0.25) is 9.48 Å². The molecule has 0 fully saturated rings. The van der Waals surface area contributed by atoms with Gasteiger partial charge in [-0.15, -0.1) is 0 Å². The second-order valence-electron chi connectivity index (χ2n) is 7.12. The third kappa shape index (κ3) is 5.37. The third-order valence-electron chi connectivity index (χ3n) is 4.81. The van der Waals surface area contributed by atoms with Crippen molar-refractivity contribution in [3.05, 3.63) is 83.0 Å². The highest BCUT2D eigenvalue weighted by molar-refractivity contribution is 6.30. The molecule has 8 heteroatoms. The van der Waals surface area contributed by atoms with Crippen molar-refractivity contribution in [2.45, 2.75) is 13.0 Å². The Hall–Kier alpha value is -4.15. The largest absolute Gasteiger partial charge is 0.454 e. The average Bonchev–Trinajstić information content (AvgIpc) is 3.44. The van der Waals surface area contributed by atoms with Crippen LogP contribution in [0.5, 0.6) is 0 Å². The number of benzene rings is 2. The Kier molecular flexibility index (Phi) is 6.67. The zero-order chi connectivity index (χ0) is 23.2. The molecule has 0 N–H and O–H groups in total. The number of carbonyl (C=O) groups excluding carboxylic acids is 2. The number of hydrogen-bond donors (Lipinski definition) is 0. The molecule has 0 aliphatic carbocycles. The summed E-state index contributed by atoms with van der Waals surface area (Å²) in [5, 5.41) is 14.8. The fourth-order valence-corrected chi connectivity index (χ4v) is 3.32. The van der Waals surface area contributed by atoms with Crippen LogP contribution >= 0.6 is 11.6 Å². The predicted molar refractivity (Wildman–Crippen MR) is 123 cm³/mol. The Bertz CT molecular complexity index is 1340. The molecule has 0 spiro atoms. The van der Waals surface area contributed by atoms with Crippen LogP contribution in [0.25, 0.3) is 28.5 Å². The summed E-state index contributed by atoms with van der Waals surface area (Å²) < 4.78 is 12.6. The number of nitriles is 1. The Balaban J connectivity index is 1.50. The van der Waals surface area contributed by atoms with Crippen LogP contribution in [0.15, 0.2) is 71.3 Å². The molecule has 7 nitrogen and oxygen atoms in total. The van der Waals surface area contributed by atoms with Crippen LogP contribution in [0.2, 0.25) is 5.02 Å². The average molecular weight is 460 g/mol. The first-order chi connectivity index (χ1) is 16.0. The monoisotopic (exact) mass is 459 g/mol. The van der Waals surface area contributed by atoms with Gasteiger partial charge in [-0.25, -0.2) is 4.79 Å². The molecule has 0 bridgehead atoms. The van der Waals surface area contributed by atoms with Gasteiger partial charge in [0.15, 0.2) is 18.2 Å². The zero-order valence-electron chi connectivity index (χ0n) is 17.4. The summed E-state index contributed by atoms with van der Waals surface area (Å²) in [6.45, 7) is 0.0142. The highest BCUT2D eigenvalue weighted by Crippen LogP contribution is 2.29. The number of ether oxygens (including phenoxy) is 1. The quantitative estimate of drug-likeness (QED) is 0.201. The van der Waals surface area contributed by atoms with E-state index >= 15 is 0 Å². The van der Waals surface area contributed by atoms with E-state index in [1.54, 1.807) is 41.2 Å². The van der Waals surface area contributed by atoms with E-state index in [9.17, 15) is 9.59 Å². The van der Waals surface area contributed by atoms with Crippen molar-refractivity contribution in [3.63, 3.8) is 0 Å². The Labute approximate surface area is 194 Å².